The van der Waals surface area contributed by atoms with E-state index in [1.807, 2.05) is 14.1 Å². The summed E-state index contributed by atoms with van der Waals surface area (Å²) in [6, 6.07) is 5.34. The van der Waals surface area contributed by atoms with Crippen LogP contribution in [0.15, 0.2) is 23.1 Å². The number of anilines is 1. The van der Waals surface area contributed by atoms with Crippen molar-refractivity contribution in [2.24, 2.45) is 0 Å². The molecule has 0 amide bonds. The molecule has 0 aliphatic heterocycles. The number of carbonyl (C=O) groups is 1. The van der Waals surface area contributed by atoms with Crippen molar-refractivity contribution in [2.75, 3.05) is 38.7 Å². The van der Waals surface area contributed by atoms with Gasteiger partial charge in [-0.05, 0) is 33.2 Å². The van der Waals surface area contributed by atoms with Crippen molar-refractivity contribution in [3.8, 4) is 0 Å². The number of rotatable bonds is 6. The maximum absolute atomic E-state index is 11.8. The molecule has 1 aromatic carbocycles. The Bertz CT molecular complexity index is 408. The Kier molecular flexibility index (Phi) is 6.01. The zero-order valence-corrected chi connectivity index (χ0v) is 11.9. The van der Waals surface area contributed by atoms with Crippen LogP contribution in [0.2, 0.25) is 0 Å². The predicted molar refractivity (Wildman–Crippen MR) is 76.1 cm³/mol. The van der Waals surface area contributed by atoms with Crippen molar-refractivity contribution < 1.29 is 9.53 Å². The van der Waals surface area contributed by atoms with Crippen molar-refractivity contribution in [3.63, 3.8) is 0 Å². The fraction of sp³-hybridized carbons (Fsp3) is 0.462. The second-order valence-corrected chi connectivity index (χ2v) is 5.20. The van der Waals surface area contributed by atoms with E-state index in [1.54, 1.807) is 36.9 Å². The first-order chi connectivity index (χ1) is 8.56. The van der Waals surface area contributed by atoms with E-state index in [9.17, 15) is 4.79 Å². The number of hydrogen-bond acceptors (Lipinski definition) is 5. The molecular weight excluding hydrogens is 248 g/mol. The van der Waals surface area contributed by atoms with Gasteiger partial charge in [0.25, 0.3) is 0 Å². The van der Waals surface area contributed by atoms with E-state index in [-0.39, 0.29) is 5.97 Å². The van der Waals surface area contributed by atoms with Crippen LogP contribution in [0.4, 0.5) is 5.69 Å². The average Bonchev–Trinajstić information content (AvgIpc) is 2.31. The molecule has 0 aromatic heterocycles. The Morgan fingerprint density at radius 1 is 1.44 bits per heavy atom. The summed E-state index contributed by atoms with van der Waals surface area (Å²) >= 11 is 1.59. The van der Waals surface area contributed by atoms with Crippen LogP contribution in [0.3, 0.4) is 0 Å². The van der Waals surface area contributed by atoms with E-state index in [2.05, 4.69) is 4.90 Å². The molecule has 1 aromatic rings. The molecular formula is C13H20N2O2S. The van der Waals surface area contributed by atoms with Gasteiger partial charge < -0.3 is 15.4 Å². The van der Waals surface area contributed by atoms with Crippen molar-refractivity contribution in [3.05, 3.63) is 23.8 Å². The number of nitrogens with two attached hydrogens (primary N) is 1. The van der Waals surface area contributed by atoms with Gasteiger partial charge in [0.15, 0.2) is 0 Å². The van der Waals surface area contributed by atoms with Crippen molar-refractivity contribution in [1.82, 2.24) is 4.90 Å². The number of carbonyl (C=O) groups excluding carboxylic acids is 1. The fourth-order valence-corrected chi connectivity index (χ4v) is 2.62. The van der Waals surface area contributed by atoms with Gasteiger partial charge in [0.2, 0.25) is 0 Å². The number of nitrogens with zero attached hydrogens (tertiary/aromatic N) is 1. The van der Waals surface area contributed by atoms with Gasteiger partial charge >= 0.3 is 5.97 Å². The molecule has 0 heterocycles. The van der Waals surface area contributed by atoms with Gasteiger partial charge in [-0.1, -0.05) is 6.07 Å². The smallest absolute Gasteiger partial charge is 0.339 e. The van der Waals surface area contributed by atoms with Crippen LogP contribution in [0.1, 0.15) is 17.3 Å². The van der Waals surface area contributed by atoms with Crippen LogP contribution in [0.5, 0.6) is 0 Å². The number of hydrogen-bond donors (Lipinski definition) is 1. The molecule has 0 fully saturated rings. The third kappa shape index (κ3) is 4.23. The molecule has 2 N–H and O–H groups in total. The maximum Gasteiger partial charge on any atom is 0.339 e. The Morgan fingerprint density at radius 3 is 2.78 bits per heavy atom. The number of esters is 1. The van der Waals surface area contributed by atoms with Crippen molar-refractivity contribution in [1.29, 1.82) is 0 Å². The van der Waals surface area contributed by atoms with Crippen LogP contribution < -0.4 is 5.73 Å². The highest BCUT2D eigenvalue weighted by Crippen LogP contribution is 2.29. The largest absolute Gasteiger partial charge is 0.462 e. The van der Waals surface area contributed by atoms with Crippen molar-refractivity contribution in [2.45, 2.75) is 11.8 Å². The lowest BCUT2D eigenvalue weighted by molar-refractivity contribution is 0.0522. The molecule has 0 unspecified atom stereocenters. The molecule has 18 heavy (non-hydrogen) atoms. The Balaban J connectivity index is 2.83. The molecule has 0 aliphatic rings. The highest BCUT2D eigenvalue weighted by Gasteiger charge is 2.14. The molecule has 0 spiro atoms. The lowest BCUT2D eigenvalue weighted by atomic mass is 10.2. The Hall–Kier alpha value is -1.20. The summed E-state index contributed by atoms with van der Waals surface area (Å²) in [5.41, 5.74) is 7.12. The molecule has 0 atom stereocenters. The summed E-state index contributed by atoms with van der Waals surface area (Å²) in [6.07, 6.45) is 0. The molecule has 0 bridgehead atoms. The van der Waals surface area contributed by atoms with Gasteiger partial charge in [-0.3, -0.25) is 0 Å². The Morgan fingerprint density at radius 2 is 2.17 bits per heavy atom. The van der Waals surface area contributed by atoms with E-state index >= 15 is 0 Å². The monoisotopic (exact) mass is 268 g/mol. The van der Waals surface area contributed by atoms with Crippen LogP contribution in [0, 0.1) is 0 Å². The van der Waals surface area contributed by atoms with E-state index < -0.39 is 0 Å². The van der Waals surface area contributed by atoms with Crippen LogP contribution in [-0.2, 0) is 4.74 Å². The normalized spacial score (nSPS) is 10.7. The number of thioether (sulfide) groups is 1. The highest BCUT2D eigenvalue weighted by molar-refractivity contribution is 7.99. The van der Waals surface area contributed by atoms with Gasteiger partial charge in [-0.25, -0.2) is 4.79 Å². The minimum absolute atomic E-state index is 0.308. The number of nitrogen functional groups attached to an aromatic ring is 1. The fourth-order valence-electron chi connectivity index (χ4n) is 1.42. The molecule has 5 heteroatoms. The molecule has 100 valence electrons. The molecule has 1 rings (SSSR count). The first-order valence-corrected chi connectivity index (χ1v) is 6.88. The zero-order valence-electron chi connectivity index (χ0n) is 11.1. The quantitative estimate of drug-likeness (QED) is 0.486. The average molecular weight is 268 g/mol. The van der Waals surface area contributed by atoms with Crippen molar-refractivity contribution >= 4 is 23.4 Å². The minimum atomic E-state index is -0.308. The number of benzene rings is 1. The standard InChI is InChI=1S/C13H20N2O2S/c1-4-17-13(16)10-6-5-7-11(14)12(10)18-9-8-15(2)3/h5-7H,4,8-9,14H2,1-3H3. The summed E-state index contributed by atoms with van der Waals surface area (Å²) in [4.78, 5) is 14.7. The first-order valence-electron chi connectivity index (χ1n) is 5.89. The lowest BCUT2D eigenvalue weighted by Crippen LogP contribution is -2.15. The lowest BCUT2D eigenvalue weighted by Gasteiger charge is -2.13. The molecule has 0 saturated heterocycles. The third-order valence-corrected chi connectivity index (χ3v) is 3.46. The maximum atomic E-state index is 11.8. The highest BCUT2D eigenvalue weighted by atomic mass is 32.2. The predicted octanol–water partition coefficient (Wildman–Crippen LogP) is 2.10. The van der Waals surface area contributed by atoms with Gasteiger partial charge in [0.1, 0.15) is 0 Å². The molecule has 0 saturated carbocycles. The first kappa shape index (κ1) is 14.9. The minimum Gasteiger partial charge on any atom is -0.462 e. The Labute approximate surface area is 112 Å². The summed E-state index contributed by atoms with van der Waals surface area (Å²) in [6.45, 7) is 3.10. The molecule has 0 radical (unpaired) electrons. The van der Waals surface area contributed by atoms with E-state index in [4.69, 9.17) is 10.5 Å². The topological polar surface area (TPSA) is 55.6 Å². The van der Waals surface area contributed by atoms with E-state index in [1.165, 1.54) is 0 Å². The summed E-state index contributed by atoms with van der Waals surface area (Å²) in [7, 11) is 4.03. The third-order valence-electron chi connectivity index (χ3n) is 2.33. The summed E-state index contributed by atoms with van der Waals surface area (Å²) in [5, 5.41) is 0. The van der Waals surface area contributed by atoms with E-state index in [0.717, 1.165) is 17.2 Å². The summed E-state index contributed by atoms with van der Waals surface area (Å²) in [5.74, 6) is 0.574. The van der Waals surface area contributed by atoms with Crippen LogP contribution >= 0.6 is 11.8 Å². The second-order valence-electron chi connectivity index (χ2n) is 4.10. The summed E-state index contributed by atoms with van der Waals surface area (Å²) < 4.78 is 5.03. The zero-order chi connectivity index (χ0) is 13.5. The second kappa shape index (κ2) is 7.28. The van der Waals surface area contributed by atoms with Crippen LogP contribution in [0.25, 0.3) is 0 Å². The van der Waals surface area contributed by atoms with Crippen LogP contribution in [-0.4, -0.2) is 43.9 Å². The van der Waals surface area contributed by atoms with E-state index in [0.29, 0.717) is 17.9 Å². The van der Waals surface area contributed by atoms with Gasteiger partial charge in [-0.2, -0.15) is 0 Å². The van der Waals surface area contributed by atoms with Gasteiger partial charge in [-0.15, -0.1) is 11.8 Å². The SMILES string of the molecule is CCOC(=O)c1cccc(N)c1SCCN(C)C. The molecule has 0 aliphatic carbocycles. The van der Waals surface area contributed by atoms with Gasteiger partial charge in [0, 0.05) is 22.9 Å². The number of ether oxygens (including phenoxy) is 1. The molecule has 4 nitrogen and oxygen atoms in total. The van der Waals surface area contributed by atoms with Gasteiger partial charge in [0.05, 0.1) is 12.2 Å².